The molecule has 0 aliphatic rings. The van der Waals surface area contributed by atoms with Crippen molar-refractivity contribution in [3.8, 4) is 0 Å². The van der Waals surface area contributed by atoms with Gasteiger partial charge in [-0.15, -0.1) is 0 Å². The minimum Gasteiger partial charge on any atom is -0.322 e. The van der Waals surface area contributed by atoms with Crippen LogP contribution in [0.4, 0.5) is 10.1 Å². The molecule has 0 aliphatic carbocycles. The van der Waals surface area contributed by atoms with Gasteiger partial charge in [-0.3, -0.25) is 4.79 Å². The third-order valence-electron chi connectivity index (χ3n) is 2.71. The number of hydrogen-bond acceptors (Lipinski definition) is 1. The van der Waals surface area contributed by atoms with E-state index in [9.17, 15) is 9.18 Å². The van der Waals surface area contributed by atoms with E-state index in [1.807, 2.05) is 6.92 Å². The van der Waals surface area contributed by atoms with Crippen molar-refractivity contribution in [1.29, 1.82) is 0 Å². The standard InChI is InChI=1S/C14H10BBrFNO/c1-8-6-10(3-4-11(8)15)18-14(19)9-2-5-12(16)13(17)7-9/h2-7H,1H3,(H,18,19). The first-order valence-electron chi connectivity index (χ1n) is 5.60. The van der Waals surface area contributed by atoms with Gasteiger partial charge in [0.25, 0.3) is 5.91 Å². The van der Waals surface area contributed by atoms with Gasteiger partial charge in [0.05, 0.1) is 4.47 Å². The van der Waals surface area contributed by atoms with Crippen molar-refractivity contribution >= 4 is 40.8 Å². The molecular weight excluding hydrogens is 308 g/mol. The van der Waals surface area contributed by atoms with Crippen LogP contribution in [0.1, 0.15) is 15.9 Å². The average Bonchev–Trinajstić information content (AvgIpc) is 2.37. The molecule has 2 aromatic carbocycles. The first-order valence-corrected chi connectivity index (χ1v) is 6.39. The van der Waals surface area contributed by atoms with Crippen LogP contribution < -0.4 is 10.8 Å². The number of benzene rings is 2. The smallest absolute Gasteiger partial charge is 0.255 e. The third kappa shape index (κ3) is 3.23. The first kappa shape index (κ1) is 13.8. The molecule has 1 N–H and O–H groups in total. The second-order valence-corrected chi connectivity index (χ2v) is 5.01. The molecule has 19 heavy (non-hydrogen) atoms. The van der Waals surface area contributed by atoms with E-state index in [2.05, 4.69) is 21.2 Å². The zero-order valence-electron chi connectivity index (χ0n) is 10.2. The van der Waals surface area contributed by atoms with Crippen LogP contribution in [0.15, 0.2) is 40.9 Å². The minimum absolute atomic E-state index is 0.259. The van der Waals surface area contributed by atoms with Gasteiger partial charge in [-0.1, -0.05) is 17.1 Å². The van der Waals surface area contributed by atoms with Crippen molar-refractivity contribution in [3.05, 3.63) is 57.8 Å². The Balaban J connectivity index is 2.20. The summed E-state index contributed by atoms with van der Waals surface area (Å²) in [4.78, 5) is 11.9. The molecule has 94 valence electrons. The molecule has 2 radical (unpaired) electrons. The van der Waals surface area contributed by atoms with Gasteiger partial charge in [0, 0.05) is 11.3 Å². The molecule has 0 saturated heterocycles. The van der Waals surface area contributed by atoms with E-state index in [1.54, 1.807) is 24.3 Å². The lowest BCUT2D eigenvalue weighted by Crippen LogP contribution is -2.14. The molecule has 2 nitrogen and oxygen atoms in total. The minimum atomic E-state index is -0.471. The maximum Gasteiger partial charge on any atom is 0.255 e. The molecule has 1 amide bonds. The van der Waals surface area contributed by atoms with Crippen LogP contribution in [0.2, 0.25) is 0 Å². The Kier molecular flexibility index (Phi) is 4.05. The molecule has 2 rings (SSSR count). The van der Waals surface area contributed by atoms with Crippen LogP contribution in [0, 0.1) is 12.7 Å². The summed E-state index contributed by atoms with van der Waals surface area (Å²) in [5, 5.41) is 2.70. The Labute approximate surface area is 120 Å². The van der Waals surface area contributed by atoms with Crippen molar-refractivity contribution in [1.82, 2.24) is 0 Å². The van der Waals surface area contributed by atoms with E-state index < -0.39 is 5.82 Å². The van der Waals surface area contributed by atoms with Crippen LogP contribution in [0.25, 0.3) is 0 Å². The van der Waals surface area contributed by atoms with Crippen molar-refractivity contribution in [2.45, 2.75) is 6.92 Å². The van der Waals surface area contributed by atoms with Gasteiger partial charge in [-0.2, -0.15) is 0 Å². The van der Waals surface area contributed by atoms with Crippen LogP contribution in [-0.4, -0.2) is 13.8 Å². The predicted octanol–water partition coefficient (Wildman–Crippen LogP) is 2.94. The molecule has 0 aromatic heterocycles. The summed E-state index contributed by atoms with van der Waals surface area (Å²) in [7, 11) is 5.70. The van der Waals surface area contributed by atoms with E-state index in [1.165, 1.54) is 12.1 Å². The molecule has 0 aliphatic heterocycles. The molecule has 5 heteroatoms. The van der Waals surface area contributed by atoms with E-state index in [-0.39, 0.29) is 11.5 Å². The van der Waals surface area contributed by atoms with Gasteiger partial charge in [0.2, 0.25) is 0 Å². The van der Waals surface area contributed by atoms with Crippen molar-refractivity contribution < 1.29 is 9.18 Å². The maximum atomic E-state index is 13.4. The number of carbonyl (C=O) groups excluding carboxylic acids is 1. The first-order chi connectivity index (χ1) is 8.97. The summed E-state index contributed by atoms with van der Waals surface area (Å²) in [5.74, 6) is -0.836. The number of amides is 1. The molecule has 0 heterocycles. The fraction of sp³-hybridized carbons (Fsp3) is 0.0714. The molecule has 0 bridgehead atoms. The van der Waals surface area contributed by atoms with Crippen LogP contribution in [0.5, 0.6) is 0 Å². The lowest BCUT2D eigenvalue weighted by atomic mass is 9.91. The van der Waals surface area contributed by atoms with Gasteiger partial charge < -0.3 is 5.32 Å². The average molecular weight is 318 g/mol. The fourth-order valence-corrected chi connectivity index (χ4v) is 1.84. The number of hydrogen-bond donors (Lipinski definition) is 1. The topological polar surface area (TPSA) is 29.1 Å². The molecule has 0 fully saturated rings. The van der Waals surface area contributed by atoms with E-state index in [0.717, 1.165) is 5.56 Å². The molecule has 2 aromatic rings. The monoisotopic (exact) mass is 317 g/mol. The Morgan fingerprint density at radius 2 is 2.00 bits per heavy atom. The van der Waals surface area contributed by atoms with Gasteiger partial charge in [-0.25, -0.2) is 4.39 Å². The van der Waals surface area contributed by atoms with Crippen molar-refractivity contribution in [2.75, 3.05) is 5.32 Å². The zero-order valence-corrected chi connectivity index (χ0v) is 11.8. The Hall–Kier alpha value is -1.62. The SMILES string of the molecule is [B]c1ccc(NC(=O)c2ccc(Br)c(F)c2)cc1C. The summed E-state index contributed by atoms with van der Waals surface area (Å²) < 4.78 is 13.7. The number of rotatable bonds is 2. The summed E-state index contributed by atoms with van der Waals surface area (Å²) in [5.41, 5.74) is 2.42. The number of nitrogens with one attached hydrogen (secondary N) is 1. The number of halogens is 2. The highest BCUT2D eigenvalue weighted by molar-refractivity contribution is 9.10. The van der Waals surface area contributed by atoms with Crippen LogP contribution in [-0.2, 0) is 0 Å². The van der Waals surface area contributed by atoms with Gasteiger partial charge in [-0.05, 0) is 53.2 Å². The number of carbonyl (C=O) groups is 1. The summed E-state index contributed by atoms with van der Waals surface area (Å²) in [6.45, 7) is 1.85. The Morgan fingerprint density at radius 3 is 2.63 bits per heavy atom. The second-order valence-electron chi connectivity index (χ2n) is 4.15. The molecular formula is C14H10BBrFNO. The summed E-state index contributed by atoms with van der Waals surface area (Å²) in [6.07, 6.45) is 0. The summed E-state index contributed by atoms with van der Waals surface area (Å²) >= 11 is 3.04. The van der Waals surface area contributed by atoms with Gasteiger partial charge in [0.15, 0.2) is 0 Å². The van der Waals surface area contributed by atoms with E-state index >= 15 is 0 Å². The van der Waals surface area contributed by atoms with E-state index in [0.29, 0.717) is 15.6 Å². The normalized spacial score (nSPS) is 10.3. The summed E-state index contributed by atoms with van der Waals surface area (Å²) in [6, 6.07) is 9.42. The number of aryl methyl sites for hydroxylation is 1. The van der Waals surface area contributed by atoms with Crippen LogP contribution >= 0.6 is 15.9 Å². The molecule has 0 atom stereocenters. The maximum absolute atomic E-state index is 13.4. The van der Waals surface area contributed by atoms with E-state index in [4.69, 9.17) is 7.85 Å². The van der Waals surface area contributed by atoms with Crippen molar-refractivity contribution in [3.63, 3.8) is 0 Å². The highest BCUT2D eigenvalue weighted by atomic mass is 79.9. The molecule has 0 spiro atoms. The van der Waals surface area contributed by atoms with Gasteiger partial charge >= 0.3 is 0 Å². The Bertz CT molecular complexity index is 645. The predicted molar refractivity (Wildman–Crippen MR) is 78.6 cm³/mol. The highest BCUT2D eigenvalue weighted by Crippen LogP contribution is 2.17. The number of anilines is 1. The lowest BCUT2D eigenvalue weighted by Gasteiger charge is -2.08. The van der Waals surface area contributed by atoms with Gasteiger partial charge in [0.1, 0.15) is 13.7 Å². The quantitative estimate of drug-likeness (QED) is 0.848. The lowest BCUT2D eigenvalue weighted by molar-refractivity contribution is 0.102. The largest absolute Gasteiger partial charge is 0.322 e. The third-order valence-corrected chi connectivity index (χ3v) is 3.35. The molecule has 0 saturated carbocycles. The van der Waals surface area contributed by atoms with Crippen molar-refractivity contribution in [2.24, 2.45) is 0 Å². The Morgan fingerprint density at radius 1 is 1.26 bits per heavy atom. The van der Waals surface area contributed by atoms with Crippen LogP contribution in [0.3, 0.4) is 0 Å². The fourth-order valence-electron chi connectivity index (χ4n) is 1.59. The second kappa shape index (κ2) is 5.57. The zero-order chi connectivity index (χ0) is 14.0. The molecule has 0 unspecified atom stereocenters. The highest BCUT2D eigenvalue weighted by Gasteiger charge is 2.09.